The lowest BCUT2D eigenvalue weighted by molar-refractivity contribution is 0.109. The van der Waals surface area contributed by atoms with Crippen molar-refractivity contribution in [2.45, 2.75) is 19.6 Å². The standard InChI is InChI=1S/C16H16O2S/c17-11-5-4-8-15-9-10-16(19-15)13-18-12-14-6-2-1-3-7-14/h1-3,6-7,9-10,17H,5,11-13H2. The summed E-state index contributed by atoms with van der Waals surface area (Å²) in [6.45, 7) is 1.36. The molecule has 1 N–H and O–H groups in total. The molecule has 0 spiro atoms. The molecule has 0 amide bonds. The Morgan fingerprint density at radius 3 is 2.68 bits per heavy atom. The van der Waals surface area contributed by atoms with Gasteiger partial charge in [-0.25, -0.2) is 0 Å². The van der Waals surface area contributed by atoms with Gasteiger partial charge in [0.25, 0.3) is 0 Å². The molecule has 2 nitrogen and oxygen atoms in total. The topological polar surface area (TPSA) is 29.5 Å². The fourth-order valence-corrected chi connectivity index (χ4v) is 2.39. The molecule has 0 aliphatic heterocycles. The second-order valence-electron chi connectivity index (χ2n) is 4.02. The molecule has 1 aromatic carbocycles. The van der Waals surface area contributed by atoms with Gasteiger partial charge in [-0.15, -0.1) is 11.3 Å². The normalized spacial score (nSPS) is 9.95. The van der Waals surface area contributed by atoms with Crippen LogP contribution in [0.2, 0.25) is 0 Å². The molecule has 0 fully saturated rings. The van der Waals surface area contributed by atoms with Crippen molar-refractivity contribution in [3.05, 3.63) is 57.8 Å². The first-order chi connectivity index (χ1) is 9.38. The molecule has 2 rings (SSSR count). The van der Waals surface area contributed by atoms with Gasteiger partial charge in [0, 0.05) is 11.3 Å². The molecule has 98 valence electrons. The van der Waals surface area contributed by atoms with Gasteiger partial charge in [0.2, 0.25) is 0 Å². The van der Waals surface area contributed by atoms with Gasteiger partial charge in [-0.1, -0.05) is 42.2 Å². The zero-order valence-electron chi connectivity index (χ0n) is 10.6. The van der Waals surface area contributed by atoms with Crippen molar-refractivity contribution in [3.8, 4) is 11.8 Å². The highest BCUT2D eigenvalue weighted by Gasteiger charge is 1.98. The molecule has 0 bridgehead atoms. The Morgan fingerprint density at radius 1 is 1.05 bits per heavy atom. The highest BCUT2D eigenvalue weighted by Crippen LogP contribution is 2.17. The molecule has 19 heavy (non-hydrogen) atoms. The minimum atomic E-state index is 0.116. The summed E-state index contributed by atoms with van der Waals surface area (Å²) < 4.78 is 5.67. The van der Waals surface area contributed by atoms with Crippen LogP contribution >= 0.6 is 11.3 Å². The Hall–Kier alpha value is -1.60. The molecule has 0 unspecified atom stereocenters. The van der Waals surface area contributed by atoms with Crippen molar-refractivity contribution in [2.75, 3.05) is 6.61 Å². The van der Waals surface area contributed by atoms with Gasteiger partial charge in [0.05, 0.1) is 24.7 Å². The first-order valence-corrected chi connectivity index (χ1v) is 7.00. The predicted molar refractivity (Wildman–Crippen MR) is 77.8 cm³/mol. The predicted octanol–water partition coefficient (Wildman–Crippen LogP) is 3.20. The van der Waals surface area contributed by atoms with E-state index in [1.807, 2.05) is 30.3 Å². The molecule has 3 heteroatoms. The van der Waals surface area contributed by atoms with Gasteiger partial charge >= 0.3 is 0 Å². The maximum atomic E-state index is 8.65. The van der Waals surface area contributed by atoms with Crippen LogP contribution in [0.1, 0.15) is 21.7 Å². The zero-order valence-corrected chi connectivity index (χ0v) is 11.5. The second kappa shape index (κ2) is 7.75. The maximum absolute atomic E-state index is 8.65. The quantitative estimate of drug-likeness (QED) is 0.847. The van der Waals surface area contributed by atoms with Crippen molar-refractivity contribution in [2.24, 2.45) is 0 Å². The number of aliphatic hydroxyl groups is 1. The summed E-state index contributed by atoms with van der Waals surface area (Å²) >= 11 is 1.64. The molecule has 0 radical (unpaired) electrons. The molecular formula is C16H16O2S. The fraction of sp³-hybridized carbons (Fsp3) is 0.250. The smallest absolute Gasteiger partial charge is 0.0814 e. The zero-order chi connectivity index (χ0) is 13.3. The van der Waals surface area contributed by atoms with E-state index >= 15 is 0 Å². The molecule has 2 aromatic rings. The molecule has 0 aliphatic rings. The molecule has 1 aromatic heterocycles. The minimum absolute atomic E-state index is 0.116. The van der Waals surface area contributed by atoms with Gasteiger partial charge in [0.15, 0.2) is 0 Å². The van der Waals surface area contributed by atoms with Gasteiger partial charge in [-0.05, 0) is 17.7 Å². The molecule has 0 aliphatic carbocycles. The summed E-state index contributed by atoms with van der Waals surface area (Å²) in [5, 5.41) is 8.65. The number of hydrogen-bond donors (Lipinski definition) is 1. The third kappa shape index (κ3) is 4.88. The van der Waals surface area contributed by atoms with Crippen LogP contribution in [0.15, 0.2) is 42.5 Å². The van der Waals surface area contributed by atoms with Crippen LogP contribution in [-0.2, 0) is 18.0 Å². The summed E-state index contributed by atoms with van der Waals surface area (Å²) in [6, 6.07) is 14.2. The average Bonchev–Trinajstić information content (AvgIpc) is 2.88. The fourth-order valence-electron chi connectivity index (χ4n) is 1.57. The average molecular weight is 272 g/mol. The van der Waals surface area contributed by atoms with Crippen LogP contribution in [-0.4, -0.2) is 11.7 Å². The number of rotatable bonds is 5. The highest BCUT2D eigenvalue weighted by atomic mass is 32.1. The summed E-state index contributed by atoms with van der Waals surface area (Å²) in [6.07, 6.45) is 0.526. The van der Waals surface area contributed by atoms with Crippen LogP contribution in [0.3, 0.4) is 0 Å². The number of hydrogen-bond acceptors (Lipinski definition) is 3. The summed E-state index contributed by atoms with van der Waals surface area (Å²) in [5.74, 6) is 5.94. The number of benzene rings is 1. The number of ether oxygens (including phenoxy) is 1. The van der Waals surface area contributed by atoms with E-state index in [-0.39, 0.29) is 6.61 Å². The van der Waals surface area contributed by atoms with Crippen molar-refractivity contribution in [1.82, 2.24) is 0 Å². The van der Waals surface area contributed by atoms with Gasteiger partial charge in [0.1, 0.15) is 0 Å². The Morgan fingerprint density at radius 2 is 1.89 bits per heavy atom. The Bertz CT molecular complexity index is 549. The monoisotopic (exact) mass is 272 g/mol. The van der Waals surface area contributed by atoms with Gasteiger partial charge in [-0.2, -0.15) is 0 Å². The van der Waals surface area contributed by atoms with Crippen molar-refractivity contribution in [3.63, 3.8) is 0 Å². The lowest BCUT2D eigenvalue weighted by Crippen LogP contribution is -1.91. The van der Waals surface area contributed by atoms with E-state index in [9.17, 15) is 0 Å². The lowest BCUT2D eigenvalue weighted by atomic mass is 10.2. The van der Waals surface area contributed by atoms with Crippen molar-refractivity contribution >= 4 is 11.3 Å². The Balaban J connectivity index is 1.79. The highest BCUT2D eigenvalue weighted by molar-refractivity contribution is 7.12. The maximum Gasteiger partial charge on any atom is 0.0814 e. The lowest BCUT2D eigenvalue weighted by Gasteiger charge is -2.02. The SMILES string of the molecule is OCCC#Cc1ccc(COCc2ccccc2)s1. The van der Waals surface area contributed by atoms with Gasteiger partial charge in [-0.3, -0.25) is 0 Å². The third-order valence-corrected chi connectivity index (χ3v) is 3.44. The molecular weight excluding hydrogens is 256 g/mol. The molecule has 1 heterocycles. The van der Waals surface area contributed by atoms with E-state index in [0.29, 0.717) is 19.6 Å². The van der Waals surface area contributed by atoms with Crippen molar-refractivity contribution < 1.29 is 9.84 Å². The van der Waals surface area contributed by atoms with E-state index in [1.165, 1.54) is 10.4 Å². The third-order valence-electron chi connectivity index (χ3n) is 2.47. The summed E-state index contributed by atoms with van der Waals surface area (Å²) in [4.78, 5) is 2.19. The molecule has 0 saturated carbocycles. The van der Waals surface area contributed by atoms with Gasteiger partial charge < -0.3 is 9.84 Å². The van der Waals surface area contributed by atoms with Crippen molar-refractivity contribution in [1.29, 1.82) is 0 Å². The van der Waals surface area contributed by atoms with Crippen LogP contribution in [0.25, 0.3) is 0 Å². The Labute approximate surface area is 117 Å². The van der Waals surface area contributed by atoms with Crippen LogP contribution in [0.5, 0.6) is 0 Å². The first kappa shape index (κ1) is 13.8. The molecule has 0 saturated heterocycles. The van der Waals surface area contributed by atoms with E-state index in [2.05, 4.69) is 24.0 Å². The Kier molecular flexibility index (Phi) is 5.64. The summed E-state index contributed by atoms with van der Waals surface area (Å²) in [5.41, 5.74) is 1.18. The van der Waals surface area contributed by atoms with Crippen LogP contribution in [0.4, 0.5) is 0 Å². The number of thiophene rings is 1. The van der Waals surface area contributed by atoms with E-state index in [1.54, 1.807) is 11.3 Å². The van der Waals surface area contributed by atoms with E-state index in [0.717, 1.165) is 4.88 Å². The molecule has 0 atom stereocenters. The largest absolute Gasteiger partial charge is 0.395 e. The summed E-state index contributed by atoms with van der Waals surface area (Å²) in [7, 11) is 0. The van der Waals surface area contributed by atoms with E-state index in [4.69, 9.17) is 9.84 Å². The van der Waals surface area contributed by atoms with E-state index < -0.39 is 0 Å². The van der Waals surface area contributed by atoms with Crippen LogP contribution in [0, 0.1) is 11.8 Å². The minimum Gasteiger partial charge on any atom is -0.395 e. The first-order valence-electron chi connectivity index (χ1n) is 6.18. The number of aliphatic hydroxyl groups excluding tert-OH is 1. The second-order valence-corrected chi connectivity index (χ2v) is 5.19. The van der Waals surface area contributed by atoms with Crippen LogP contribution < -0.4 is 0 Å².